The molecule has 0 radical (unpaired) electrons. The normalized spacial score (nSPS) is 26.6. The molecule has 1 aliphatic carbocycles. The highest BCUT2D eigenvalue weighted by molar-refractivity contribution is 7.89. The average molecular weight is 485 g/mol. The van der Waals surface area contributed by atoms with E-state index in [1.54, 1.807) is 4.31 Å². The molecular weight excluding hydrogens is 451 g/mol. The van der Waals surface area contributed by atoms with Crippen molar-refractivity contribution in [1.29, 1.82) is 0 Å². The summed E-state index contributed by atoms with van der Waals surface area (Å²) >= 11 is 0. The quantitative estimate of drug-likeness (QED) is 0.684. The maximum atomic E-state index is 13.4. The maximum absolute atomic E-state index is 13.4. The molecule has 1 N–H and O–H groups in total. The molecular formula is C27H33FN2O3S. The summed E-state index contributed by atoms with van der Waals surface area (Å²) in [6.07, 6.45) is 8.73. The third-order valence-corrected chi connectivity index (χ3v) is 9.62. The number of halogens is 1. The Labute approximate surface area is 201 Å². The van der Waals surface area contributed by atoms with E-state index in [1.165, 1.54) is 48.2 Å². The van der Waals surface area contributed by atoms with Gasteiger partial charge in [0.1, 0.15) is 5.82 Å². The molecule has 3 atom stereocenters. The van der Waals surface area contributed by atoms with Crippen LogP contribution in [-0.2, 0) is 10.0 Å². The fourth-order valence-electron chi connectivity index (χ4n) is 5.90. The number of benzene rings is 2. The van der Waals surface area contributed by atoms with E-state index >= 15 is 0 Å². The highest BCUT2D eigenvalue weighted by Gasteiger charge is 2.50. The molecule has 2 aliphatic heterocycles. The Bertz CT molecular complexity index is 1130. The van der Waals surface area contributed by atoms with Crippen molar-refractivity contribution in [2.75, 3.05) is 26.2 Å². The lowest BCUT2D eigenvalue weighted by atomic mass is 9.74. The number of allylic oxidation sites excluding steroid dienone is 2. The molecule has 0 spiro atoms. The summed E-state index contributed by atoms with van der Waals surface area (Å²) in [6, 6.07) is 13.8. The Morgan fingerprint density at radius 3 is 2.35 bits per heavy atom. The second-order valence-electron chi connectivity index (χ2n) is 9.70. The van der Waals surface area contributed by atoms with Crippen LogP contribution in [0.1, 0.15) is 55.6 Å². The van der Waals surface area contributed by atoms with Gasteiger partial charge in [0.05, 0.1) is 11.5 Å². The average Bonchev–Trinajstić information content (AvgIpc) is 2.84. The Morgan fingerprint density at radius 1 is 0.941 bits per heavy atom. The van der Waals surface area contributed by atoms with Crippen LogP contribution in [-0.4, -0.2) is 61.1 Å². The lowest BCUT2D eigenvalue weighted by molar-refractivity contribution is -0.0553. The zero-order valence-electron chi connectivity index (χ0n) is 19.4. The molecule has 5 rings (SSSR count). The highest BCUT2D eigenvalue weighted by atomic mass is 32.2. The maximum Gasteiger partial charge on any atom is 0.243 e. The molecule has 0 aromatic heterocycles. The Balaban J connectivity index is 1.40. The van der Waals surface area contributed by atoms with Crippen molar-refractivity contribution in [2.45, 2.75) is 61.4 Å². The molecule has 0 saturated carbocycles. The molecule has 0 unspecified atom stereocenters. The molecule has 2 aromatic rings. The van der Waals surface area contributed by atoms with Crippen LogP contribution < -0.4 is 0 Å². The minimum atomic E-state index is -3.72. The lowest BCUT2D eigenvalue weighted by Gasteiger charge is -2.57. The minimum absolute atomic E-state index is 0.00165. The van der Waals surface area contributed by atoms with Crippen molar-refractivity contribution in [3.05, 3.63) is 71.6 Å². The molecule has 34 heavy (non-hydrogen) atoms. The minimum Gasteiger partial charge on any atom is -0.395 e. The van der Waals surface area contributed by atoms with Crippen molar-refractivity contribution in [2.24, 2.45) is 0 Å². The zero-order valence-corrected chi connectivity index (χ0v) is 20.3. The summed E-state index contributed by atoms with van der Waals surface area (Å²) in [7, 11) is -3.72. The van der Waals surface area contributed by atoms with Gasteiger partial charge in [-0.25, -0.2) is 12.8 Å². The van der Waals surface area contributed by atoms with Gasteiger partial charge in [0, 0.05) is 31.1 Å². The van der Waals surface area contributed by atoms with E-state index in [2.05, 4.69) is 35.2 Å². The molecule has 3 aliphatic rings. The van der Waals surface area contributed by atoms with Crippen LogP contribution in [0.15, 0.2) is 59.5 Å². The van der Waals surface area contributed by atoms with Crippen molar-refractivity contribution in [3.8, 4) is 0 Å². The van der Waals surface area contributed by atoms with Crippen molar-refractivity contribution >= 4 is 15.6 Å². The van der Waals surface area contributed by atoms with E-state index in [0.717, 1.165) is 37.8 Å². The van der Waals surface area contributed by atoms with Gasteiger partial charge in [-0.3, -0.25) is 4.90 Å². The predicted octanol–water partition coefficient (Wildman–Crippen LogP) is 4.40. The van der Waals surface area contributed by atoms with Gasteiger partial charge in [0.15, 0.2) is 0 Å². The first-order valence-corrected chi connectivity index (χ1v) is 13.8. The monoisotopic (exact) mass is 484 g/mol. The van der Waals surface area contributed by atoms with Crippen LogP contribution >= 0.6 is 0 Å². The zero-order chi connectivity index (χ0) is 23.7. The van der Waals surface area contributed by atoms with Crippen LogP contribution in [0.2, 0.25) is 0 Å². The van der Waals surface area contributed by atoms with Gasteiger partial charge in [-0.15, -0.1) is 0 Å². The van der Waals surface area contributed by atoms with Gasteiger partial charge < -0.3 is 5.11 Å². The van der Waals surface area contributed by atoms with Gasteiger partial charge in [-0.2, -0.15) is 4.31 Å². The smallest absolute Gasteiger partial charge is 0.243 e. The third-order valence-electron chi connectivity index (χ3n) is 7.74. The van der Waals surface area contributed by atoms with Gasteiger partial charge in [0.2, 0.25) is 10.0 Å². The number of aliphatic hydroxyl groups is 1. The van der Waals surface area contributed by atoms with Crippen LogP contribution in [0.5, 0.6) is 0 Å². The highest BCUT2D eigenvalue weighted by Crippen LogP contribution is 2.43. The van der Waals surface area contributed by atoms with E-state index in [-0.39, 0.29) is 29.5 Å². The van der Waals surface area contributed by atoms with Gasteiger partial charge in [0.25, 0.3) is 0 Å². The number of aliphatic hydroxyl groups excluding tert-OH is 1. The molecule has 0 bridgehead atoms. The topological polar surface area (TPSA) is 60.9 Å². The molecule has 7 heteroatoms. The molecule has 182 valence electrons. The summed E-state index contributed by atoms with van der Waals surface area (Å²) in [5, 5.41) is 10.2. The van der Waals surface area contributed by atoms with Crippen molar-refractivity contribution in [1.82, 2.24) is 9.21 Å². The van der Waals surface area contributed by atoms with E-state index in [4.69, 9.17) is 0 Å². The Morgan fingerprint density at radius 2 is 1.68 bits per heavy atom. The summed E-state index contributed by atoms with van der Waals surface area (Å²) in [5.74, 6) is -0.376. The standard InChI is InChI=1S/C27H33FN2O3S/c28-23-12-14-24(15-13-23)34(32,33)29-16-4-5-17-30-25(18-29)27(26(30)19-31)22-10-8-21(9-11-22)20-6-2-1-3-7-20/h6,8-15,25-27,31H,1-5,7,16-19H2/t25-,26-,27-/m1/s1. The molecule has 2 aromatic carbocycles. The number of rotatable bonds is 5. The van der Waals surface area contributed by atoms with E-state index < -0.39 is 15.8 Å². The largest absolute Gasteiger partial charge is 0.395 e. The first-order valence-electron chi connectivity index (χ1n) is 12.4. The second kappa shape index (κ2) is 9.90. The number of fused-ring (bicyclic) bond motifs is 1. The summed E-state index contributed by atoms with van der Waals surface area (Å²) in [5.41, 5.74) is 3.83. The summed E-state index contributed by atoms with van der Waals surface area (Å²) < 4.78 is 41.7. The number of sulfonamides is 1. The Kier molecular flexibility index (Phi) is 6.89. The van der Waals surface area contributed by atoms with Gasteiger partial charge in [-0.1, -0.05) is 30.3 Å². The number of hydrogen-bond acceptors (Lipinski definition) is 4. The molecule has 2 fully saturated rings. The molecule has 2 heterocycles. The fourth-order valence-corrected chi connectivity index (χ4v) is 7.40. The van der Waals surface area contributed by atoms with Crippen molar-refractivity contribution < 1.29 is 17.9 Å². The van der Waals surface area contributed by atoms with E-state index in [1.807, 2.05) is 0 Å². The van der Waals surface area contributed by atoms with Gasteiger partial charge in [-0.05, 0) is 86.0 Å². The lowest BCUT2D eigenvalue weighted by Crippen LogP contribution is -2.67. The number of hydrogen-bond donors (Lipinski definition) is 1. The van der Waals surface area contributed by atoms with E-state index in [9.17, 15) is 17.9 Å². The third kappa shape index (κ3) is 4.47. The fraction of sp³-hybridized carbons (Fsp3) is 0.481. The summed E-state index contributed by atoms with van der Waals surface area (Å²) in [6.45, 7) is 1.74. The predicted molar refractivity (Wildman–Crippen MR) is 131 cm³/mol. The summed E-state index contributed by atoms with van der Waals surface area (Å²) in [4.78, 5) is 2.40. The first-order chi connectivity index (χ1) is 16.5. The van der Waals surface area contributed by atoms with Crippen LogP contribution in [0, 0.1) is 5.82 Å². The molecule has 5 nitrogen and oxygen atoms in total. The van der Waals surface area contributed by atoms with Crippen LogP contribution in [0.4, 0.5) is 4.39 Å². The van der Waals surface area contributed by atoms with Crippen molar-refractivity contribution in [3.63, 3.8) is 0 Å². The van der Waals surface area contributed by atoms with E-state index in [0.29, 0.717) is 13.1 Å². The Hall–Kier alpha value is -2.06. The SMILES string of the molecule is O=S(=O)(c1ccc(F)cc1)N1CCCCN2[C@H](CO)[C@H](c3ccc(C4=CCCCC4)cc3)[C@H]2C1. The number of nitrogens with zero attached hydrogens (tertiary/aromatic N) is 2. The molecule has 2 saturated heterocycles. The van der Waals surface area contributed by atoms with Crippen LogP contribution in [0.25, 0.3) is 5.57 Å². The second-order valence-corrected chi connectivity index (χ2v) is 11.6. The van der Waals surface area contributed by atoms with Gasteiger partial charge >= 0.3 is 0 Å². The first kappa shape index (κ1) is 23.7. The van der Waals surface area contributed by atoms with Crippen LogP contribution in [0.3, 0.4) is 0 Å². The molecule has 0 amide bonds.